The molecule has 0 saturated carbocycles. The summed E-state index contributed by atoms with van der Waals surface area (Å²) in [7, 11) is 0. The normalized spacial score (nSPS) is 12.6. The first-order valence-corrected chi connectivity index (χ1v) is 24.5. The Bertz CT molecular complexity index is 4110. The standard InChI is InChI=1S/C69H45NO/c1-4-19-47(20-5-1)55-41-38-50(61-43-49-21-10-11-26-54(49)56-27-12-13-28-57(56)61)44-65(55)70(53-39-35-46(36-40-53)48-37-42-59-58-29-15-17-34-66(58)71-67(59)45-48)64-33-18-32-63-68(64)60-30-14-16-31-62(60)69(63,51-22-6-2-7-23-51)52-24-8-3-9-25-52/h1-45H. The Morgan fingerprint density at radius 3 is 1.66 bits per heavy atom. The van der Waals surface area contributed by atoms with Crippen LogP contribution in [0.2, 0.25) is 0 Å². The second-order valence-electron chi connectivity index (χ2n) is 18.7. The summed E-state index contributed by atoms with van der Waals surface area (Å²) < 4.78 is 6.39. The predicted octanol–water partition coefficient (Wildman–Crippen LogP) is 18.7. The molecular formula is C69H45NO. The van der Waals surface area contributed by atoms with Crippen molar-refractivity contribution in [3.05, 3.63) is 295 Å². The smallest absolute Gasteiger partial charge is 0.136 e. The summed E-state index contributed by atoms with van der Waals surface area (Å²) in [5, 5.41) is 7.21. The number of rotatable bonds is 8. The van der Waals surface area contributed by atoms with Crippen molar-refractivity contribution < 1.29 is 4.42 Å². The van der Waals surface area contributed by atoms with Crippen LogP contribution in [0.4, 0.5) is 17.1 Å². The molecule has 0 aliphatic heterocycles. The molecule has 71 heavy (non-hydrogen) atoms. The number of furan rings is 1. The fourth-order valence-electron chi connectivity index (χ4n) is 11.8. The molecule has 0 radical (unpaired) electrons. The lowest BCUT2D eigenvalue weighted by atomic mass is 9.68. The molecule has 0 fully saturated rings. The molecule has 1 aliphatic rings. The molecule has 1 aliphatic carbocycles. The lowest BCUT2D eigenvalue weighted by molar-refractivity contribution is 0.669. The zero-order chi connectivity index (χ0) is 46.9. The Morgan fingerprint density at radius 1 is 0.296 bits per heavy atom. The van der Waals surface area contributed by atoms with Crippen LogP contribution in [0.25, 0.3) is 88.0 Å². The molecule has 14 rings (SSSR count). The summed E-state index contributed by atoms with van der Waals surface area (Å²) in [4.78, 5) is 2.53. The van der Waals surface area contributed by atoms with Gasteiger partial charge in [0.15, 0.2) is 0 Å². The fourth-order valence-corrected chi connectivity index (χ4v) is 11.8. The number of fused-ring (bicyclic) bond motifs is 9. The van der Waals surface area contributed by atoms with Crippen LogP contribution >= 0.6 is 0 Å². The highest BCUT2D eigenvalue weighted by atomic mass is 16.3. The van der Waals surface area contributed by atoms with E-state index < -0.39 is 5.41 Å². The van der Waals surface area contributed by atoms with Crippen LogP contribution in [0.5, 0.6) is 0 Å². The van der Waals surface area contributed by atoms with E-state index in [1.807, 2.05) is 12.1 Å². The third kappa shape index (κ3) is 6.42. The van der Waals surface area contributed by atoms with Crippen molar-refractivity contribution >= 4 is 60.5 Å². The average molecular weight is 904 g/mol. The number of nitrogens with zero attached hydrogens (tertiary/aromatic N) is 1. The molecule has 0 N–H and O–H groups in total. The lowest BCUT2D eigenvalue weighted by Gasteiger charge is -2.34. The van der Waals surface area contributed by atoms with Crippen LogP contribution in [0, 0.1) is 0 Å². The minimum absolute atomic E-state index is 0.566. The minimum atomic E-state index is -0.566. The van der Waals surface area contributed by atoms with Gasteiger partial charge in [-0.15, -0.1) is 0 Å². The van der Waals surface area contributed by atoms with Crippen molar-refractivity contribution in [3.8, 4) is 44.5 Å². The van der Waals surface area contributed by atoms with E-state index in [1.54, 1.807) is 0 Å². The molecule has 0 unspecified atom stereocenters. The first kappa shape index (κ1) is 40.8. The summed E-state index contributed by atoms with van der Waals surface area (Å²) in [6.07, 6.45) is 0. The largest absolute Gasteiger partial charge is 0.456 e. The zero-order valence-electron chi connectivity index (χ0n) is 38.8. The molecule has 0 saturated heterocycles. The quantitative estimate of drug-likeness (QED) is 0.141. The summed E-state index contributed by atoms with van der Waals surface area (Å²) in [6, 6.07) is 100. The van der Waals surface area contributed by atoms with Gasteiger partial charge < -0.3 is 9.32 Å². The summed E-state index contributed by atoms with van der Waals surface area (Å²) in [6.45, 7) is 0. The number of anilines is 3. The third-order valence-electron chi connectivity index (χ3n) is 14.9. The minimum Gasteiger partial charge on any atom is -0.456 e. The highest BCUT2D eigenvalue weighted by Crippen LogP contribution is 2.60. The van der Waals surface area contributed by atoms with Gasteiger partial charge in [0.05, 0.1) is 16.8 Å². The molecule has 0 amide bonds. The van der Waals surface area contributed by atoms with Gasteiger partial charge in [-0.2, -0.15) is 0 Å². The molecule has 332 valence electrons. The predicted molar refractivity (Wildman–Crippen MR) is 297 cm³/mol. The molecule has 2 heteroatoms. The van der Waals surface area contributed by atoms with E-state index >= 15 is 0 Å². The Balaban J connectivity index is 1.05. The van der Waals surface area contributed by atoms with Gasteiger partial charge in [-0.1, -0.05) is 224 Å². The molecule has 0 spiro atoms. The zero-order valence-corrected chi connectivity index (χ0v) is 38.8. The molecule has 1 heterocycles. The van der Waals surface area contributed by atoms with Crippen LogP contribution in [-0.2, 0) is 5.41 Å². The van der Waals surface area contributed by atoms with Gasteiger partial charge in [-0.05, 0) is 126 Å². The first-order chi connectivity index (χ1) is 35.2. The Morgan fingerprint density at radius 2 is 0.887 bits per heavy atom. The Kier molecular flexibility index (Phi) is 9.47. The van der Waals surface area contributed by atoms with Crippen LogP contribution in [0.15, 0.2) is 277 Å². The van der Waals surface area contributed by atoms with E-state index in [1.165, 1.54) is 60.5 Å². The fraction of sp³-hybridized carbons (Fsp3) is 0.0145. The van der Waals surface area contributed by atoms with Crippen molar-refractivity contribution in [2.75, 3.05) is 4.90 Å². The van der Waals surface area contributed by atoms with Crippen LogP contribution in [0.1, 0.15) is 22.3 Å². The van der Waals surface area contributed by atoms with Crippen molar-refractivity contribution in [1.29, 1.82) is 0 Å². The van der Waals surface area contributed by atoms with E-state index in [0.717, 1.165) is 66.8 Å². The summed E-state index contributed by atoms with van der Waals surface area (Å²) in [5.41, 5.74) is 18.8. The summed E-state index contributed by atoms with van der Waals surface area (Å²) >= 11 is 0. The van der Waals surface area contributed by atoms with Crippen molar-refractivity contribution in [1.82, 2.24) is 0 Å². The molecule has 0 atom stereocenters. The van der Waals surface area contributed by atoms with E-state index in [0.29, 0.717) is 0 Å². The Labute approximate surface area is 413 Å². The second-order valence-corrected chi connectivity index (χ2v) is 18.7. The maximum absolute atomic E-state index is 6.39. The lowest BCUT2D eigenvalue weighted by Crippen LogP contribution is -2.28. The van der Waals surface area contributed by atoms with Gasteiger partial charge in [0.1, 0.15) is 11.2 Å². The SMILES string of the molecule is c1ccc(-c2ccc(-c3cc4ccccc4c4ccccc34)cc2N(c2ccc(-c3ccc4c(c3)oc3ccccc34)cc2)c2cccc3c2-c2ccccc2C3(c2ccccc2)c2ccccc2)cc1. The number of hydrogen-bond acceptors (Lipinski definition) is 2. The molecule has 12 aromatic carbocycles. The van der Waals surface area contributed by atoms with Gasteiger partial charge >= 0.3 is 0 Å². The topological polar surface area (TPSA) is 16.4 Å². The van der Waals surface area contributed by atoms with Crippen LogP contribution in [0.3, 0.4) is 0 Å². The van der Waals surface area contributed by atoms with Gasteiger partial charge in [-0.25, -0.2) is 0 Å². The van der Waals surface area contributed by atoms with Crippen molar-refractivity contribution in [2.45, 2.75) is 5.41 Å². The highest BCUT2D eigenvalue weighted by Gasteiger charge is 2.47. The van der Waals surface area contributed by atoms with Crippen molar-refractivity contribution in [3.63, 3.8) is 0 Å². The summed E-state index contributed by atoms with van der Waals surface area (Å²) in [5.74, 6) is 0. The Hall–Kier alpha value is -9.24. The van der Waals surface area contributed by atoms with Crippen LogP contribution < -0.4 is 4.90 Å². The van der Waals surface area contributed by atoms with Gasteiger partial charge in [0.25, 0.3) is 0 Å². The monoisotopic (exact) mass is 903 g/mol. The molecular weight excluding hydrogens is 859 g/mol. The number of para-hydroxylation sites is 1. The average Bonchev–Trinajstić information content (AvgIpc) is 3.98. The van der Waals surface area contributed by atoms with Gasteiger partial charge in [0, 0.05) is 27.6 Å². The van der Waals surface area contributed by atoms with E-state index in [-0.39, 0.29) is 0 Å². The third-order valence-corrected chi connectivity index (χ3v) is 14.9. The van der Waals surface area contributed by atoms with Crippen molar-refractivity contribution in [2.24, 2.45) is 0 Å². The molecule has 13 aromatic rings. The van der Waals surface area contributed by atoms with Gasteiger partial charge in [-0.3, -0.25) is 0 Å². The molecule has 0 bridgehead atoms. The number of hydrogen-bond donors (Lipinski definition) is 0. The molecule has 2 nitrogen and oxygen atoms in total. The maximum atomic E-state index is 6.39. The second kappa shape index (κ2) is 16.5. The highest BCUT2D eigenvalue weighted by molar-refractivity contribution is 6.14. The van der Waals surface area contributed by atoms with E-state index in [9.17, 15) is 0 Å². The maximum Gasteiger partial charge on any atom is 0.136 e. The van der Waals surface area contributed by atoms with E-state index in [4.69, 9.17) is 4.42 Å². The molecule has 1 aromatic heterocycles. The number of benzene rings is 12. The van der Waals surface area contributed by atoms with Crippen LogP contribution in [-0.4, -0.2) is 0 Å². The first-order valence-electron chi connectivity index (χ1n) is 24.5. The van der Waals surface area contributed by atoms with E-state index in [2.05, 4.69) is 266 Å². The van der Waals surface area contributed by atoms with Gasteiger partial charge in [0.2, 0.25) is 0 Å².